The van der Waals surface area contributed by atoms with Crippen LogP contribution in [0.1, 0.15) is 34.8 Å². The number of halogens is 1. The number of oxime groups is 1. The Balaban J connectivity index is 1.69. The normalized spacial score (nSPS) is 13.5. The van der Waals surface area contributed by atoms with Crippen molar-refractivity contribution >= 4 is 17.4 Å². The number of hydrogen-bond acceptors (Lipinski definition) is 6. The van der Waals surface area contributed by atoms with Crippen LogP contribution < -0.4 is 10.6 Å². The molecule has 0 fully saturated rings. The fourth-order valence-corrected chi connectivity index (χ4v) is 2.48. The molecule has 8 heteroatoms. The van der Waals surface area contributed by atoms with Crippen LogP contribution in [0.15, 0.2) is 60.0 Å². The monoisotopic (exact) mass is 381 g/mol. The topological polar surface area (TPSA) is 88.5 Å². The van der Waals surface area contributed by atoms with Crippen LogP contribution in [0, 0.1) is 12.7 Å². The average molecular weight is 381 g/mol. The Labute approximate surface area is 162 Å². The molecule has 2 N–H and O–H groups in total. The summed E-state index contributed by atoms with van der Waals surface area (Å²) in [6.07, 6.45) is 10.3. The summed E-state index contributed by atoms with van der Waals surface area (Å²) in [6, 6.07) is 3.44. The van der Waals surface area contributed by atoms with Crippen molar-refractivity contribution in [3.05, 3.63) is 77.3 Å². The SMILES string of the molecule is CC/C(=N\OC1=CC=CCN1)c1ccc(NC(=O)c2cncc(F)c2C)nc1. The first kappa shape index (κ1) is 19.2. The van der Waals surface area contributed by atoms with E-state index in [0.717, 1.165) is 11.8 Å². The molecule has 0 saturated heterocycles. The molecule has 3 heterocycles. The van der Waals surface area contributed by atoms with Crippen molar-refractivity contribution < 1.29 is 14.0 Å². The lowest BCUT2D eigenvalue weighted by atomic mass is 10.1. The van der Waals surface area contributed by atoms with Crippen LogP contribution in [0.25, 0.3) is 0 Å². The zero-order valence-corrected chi connectivity index (χ0v) is 15.6. The summed E-state index contributed by atoms with van der Waals surface area (Å²) in [4.78, 5) is 25.7. The van der Waals surface area contributed by atoms with Gasteiger partial charge in [0.1, 0.15) is 11.6 Å². The molecule has 1 amide bonds. The maximum atomic E-state index is 13.6. The van der Waals surface area contributed by atoms with Crippen LogP contribution in [-0.4, -0.2) is 28.1 Å². The molecule has 3 rings (SSSR count). The molecule has 7 nitrogen and oxygen atoms in total. The summed E-state index contributed by atoms with van der Waals surface area (Å²) in [5.41, 5.74) is 1.89. The van der Waals surface area contributed by atoms with E-state index in [-0.39, 0.29) is 11.1 Å². The Morgan fingerprint density at radius 2 is 2.21 bits per heavy atom. The molecular formula is C20H20FN5O2. The second kappa shape index (κ2) is 8.90. The van der Waals surface area contributed by atoms with E-state index in [4.69, 9.17) is 4.84 Å². The number of carbonyl (C=O) groups is 1. The fourth-order valence-electron chi connectivity index (χ4n) is 2.48. The molecule has 0 spiro atoms. The van der Waals surface area contributed by atoms with Crippen molar-refractivity contribution in [3.8, 4) is 0 Å². The van der Waals surface area contributed by atoms with Gasteiger partial charge in [0.25, 0.3) is 5.91 Å². The summed E-state index contributed by atoms with van der Waals surface area (Å²) in [5, 5.41) is 9.86. The van der Waals surface area contributed by atoms with Crippen molar-refractivity contribution in [1.82, 2.24) is 15.3 Å². The van der Waals surface area contributed by atoms with Gasteiger partial charge < -0.3 is 15.5 Å². The number of amides is 1. The van der Waals surface area contributed by atoms with Crippen molar-refractivity contribution in [1.29, 1.82) is 0 Å². The zero-order chi connectivity index (χ0) is 19.9. The number of pyridine rings is 2. The second-order valence-electron chi connectivity index (χ2n) is 6.00. The third kappa shape index (κ3) is 4.59. The summed E-state index contributed by atoms with van der Waals surface area (Å²) in [5.74, 6) is -0.0846. The molecule has 0 aromatic carbocycles. The van der Waals surface area contributed by atoms with Gasteiger partial charge in [-0.3, -0.25) is 9.78 Å². The first-order valence-corrected chi connectivity index (χ1v) is 8.81. The molecular weight excluding hydrogens is 361 g/mol. The predicted octanol–water partition coefficient (Wildman–Crippen LogP) is 3.31. The maximum Gasteiger partial charge on any atom is 0.258 e. The van der Waals surface area contributed by atoms with Crippen molar-refractivity contribution in [2.75, 3.05) is 11.9 Å². The third-order valence-electron chi connectivity index (χ3n) is 4.10. The van der Waals surface area contributed by atoms with Gasteiger partial charge in [0.2, 0.25) is 5.88 Å². The molecule has 28 heavy (non-hydrogen) atoms. The Morgan fingerprint density at radius 3 is 2.89 bits per heavy atom. The first-order chi connectivity index (χ1) is 13.6. The standard InChI is InChI=1S/C20H20FN5O2/c1-3-17(26-28-19-6-4-5-9-23-19)14-7-8-18(24-10-14)25-20(27)15-11-22-12-16(21)13(15)2/h4-8,10-12,23H,3,9H2,1-2H3,(H,24,25,27)/b26-17+. The van der Waals surface area contributed by atoms with Crippen LogP contribution in [0.2, 0.25) is 0 Å². The molecule has 1 aliphatic rings. The number of nitrogens with zero attached hydrogens (tertiary/aromatic N) is 3. The molecule has 0 bridgehead atoms. The van der Waals surface area contributed by atoms with Gasteiger partial charge in [-0.15, -0.1) is 0 Å². The van der Waals surface area contributed by atoms with E-state index in [9.17, 15) is 9.18 Å². The van der Waals surface area contributed by atoms with E-state index in [1.54, 1.807) is 24.4 Å². The van der Waals surface area contributed by atoms with E-state index in [1.807, 2.05) is 19.1 Å². The lowest BCUT2D eigenvalue weighted by Crippen LogP contribution is -2.17. The number of dihydropyridines is 1. The number of rotatable bonds is 6. The predicted molar refractivity (Wildman–Crippen MR) is 104 cm³/mol. The van der Waals surface area contributed by atoms with Crippen molar-refractivity contribution in [2.45, 2.75) is 20.3 Å². The van der Waals surface area contributed by atoms with Crippen LogP contribution >= 0.6 is 0 Å². The van der Waals surface area contributed by atoms with Crippen LogP contribution in [0.4, 0.5) is 10.2 Å². The highest BCUT2D eigenvalue weighted by Gasteiger charge is 2.13. The summed E-state index contributed by atoms with van der Waals surface area (Å²) in [7, 11) is 0. The molecule has 1 aliphatic heterocycles. The van der Waals surface area contributed by atoms with Crippen LogP contribution in [0.5, 0.6) is 0 Å². The van der Waals surface area contributed by atoms with Gasteiger partial charge in [-0.25, -0.2) is 9.37 Å². The van der Waals surface area contributed by atoms with E-state index in [2.05, 4.69) is 25.8 Å². The van der Waals surface area contributed by atoms with Gasteiger partial charge in [0, 0.05) is 36.1 Å². The van der Waals surface area contributed by atoms with E-state index in [0.29, 0.717) is 30.4 Å². The number of allylic oxidation sites excluding steroid dienone is 2. The Bertz CT molecular complexity index is 952. The molecule has 0 atom stereocenters. The molecule has 0 radical (unpaired) electrons. The van der Waals surface area contributed by atoms with Crippen molar-refractivity contribution in [2.24, 2.45) is 5.16 Å². The number of nitrogens with one attached hydrogen (secondary N) is 2. The van der Waals surface area contributed by atoms with E-state index in [1.165, 1.54) is 13.1 Å². The molecule has 144 valence electrons. The highest BCUT2D eigenvalue weighted by Crippen LogP contribution is 2.14. The maximum absolute atomic E-state index is 13.6. The number of aromatic nitrogens is 2. The minimum atomic E-state index is -0.530. The van der Waals surface area contributed by atoms with Gasteiger partial charge in [0.15, 0.2) is 0 Å². The van der Waals surface area contributed by atoms with E-state index >= 15 is 0 Å². The van der Waals surface area contributed by atoms with Gasteiger partial charge in [0.05, 0.1) is 17.5 Å². The van der Waals surface area contributed by atoms with Crippen molar-refractivity contribution in [3.63, 3.8) is 0 Å². The lowest BCUT2D eigenvalue weighted by molar-refractivity contribution is 0.102. The van der Waals surface area contributed by atoms with Gasteiger partial charge in [-0.1, -0.05) is 24.2 Å². The average Bonchev–Trinajstić information content (AvgIpc) is 2.72. The Hall–Kier alpha value is -3.55. The molecule has 0 saturated carbocycles. The number of carbonyl (C=O) groups excluding carboxylic acids is 1. The molecule has 0 unspecified atom stereocenters. The Morgan fingerprint density at radius 1 is 1.36 bits per heavy atom. The minimum absolute atomic E-state index is 0.164. The molecule has 2 aromatic heterocycles. The molecule has 0 aliphatic carbocycles. The summed E-state index contributed by atoms with van der Waals surface area (Å²) < 4.78 is 13.6. The third-order valence-corrected chi connectivity index (χ3v) is 4.10. The quantitative estimate of drug-likeness (QED) is 0.592. The zero-order valence-electron chi connectivity index (χ0n) is 15.6. The number of anilines is 1. The Kier molecular flexibility index (Phi) is 6.11. The first-order valence-electron chi connectivity index (χ1n) is 8.81. The van der Waals surface area contributed by atoms with Gasteiger partial charge in [-0.2, -0.15) is 0 Å². The largest absolute Gasteiger partial charge is 0.351 e. The highest BCUT2D eigenvalue weighted by atomic mass is 19.1. The second-order valence-corrected chi connectivity index (χ2v) is 6.00. The fraction of sp³-hybridized carbons (Fsp3) is 0.200. The van der Waals surface area contributed by atoms with Gasteiger partial charge >= 0.3 is 0 Å². The minimum Gasteiger partial charge on any atom is -0.351 e. The summed E-state index contributed by atoms with van der Waals surface area (Å²) in [6.45, 7) is 4.18. The van der Waals surface area contributed by atoms with Crippen LogP contribution in [-0.2, 0) is 4.84 Å². The number of hydrogen-bond donors (Lipinski definition) is 2. The highest BCUT2D eigenvalue weighted by molar-refractivity contribution is 6.05. The van der Waals surface area contributed by atoms with Crippen LogP contribution in [0.3, 0.4) is 0 Å². The lowest BCUT2D eigenvalue weighted by Gasteiger charge is -2.11. The van der Waals surface area contributed by atoms with E-state index < -0.39 is 11.7 Å². The smallest absolute Gasteiger partial charge is 0.258 e. The molecule has 2 aromatic rings. The van der Waals surface area contributed by atoms with Gasteiger partial charge in [-0.05, 0) is 25.5 Å². The summed E-state index contributed by atoms with van der Waals surface area (Å²) >= 11 is 0.